The van der Waals surface area contributed by atoms with Crippen LogP contribution >= 0.6 is 12.2 Å². The van der Waals surface area contributed by atoms with E-state index in [4.69, 9.17) is 17.0 Å². The molecule has 1 aliphatic heterocycles. The highest BCUT2D eigenvalue weighted by Crippen LogP contribution is 2.24. The summed E-state index contributed by atoms with van der Waals surface area (Å²) >= 11 is 5.27. The maximum atomic E-state index is 12.5. The first-order valence-electron chi connectivity index (χ1n) is 6.92. The van der Waals surface area contributed by atoms with Gasteiger partial charge in [-0.05, 0) is 61.6 Å². The van der Waals surface area contributed by atoms with Crippen LogP contribution in [-0.4, -0.2) is 22.6 Å². The van der Waals surface area contributed by atoms with Gasteiger partial charge in [0.05, 0.1) is 12.3 Å². The number of amides is 1. The van der Waals surface area contributed by atoms with E-state index in [0.29, 0.717) is 23.1 Å². The average molecular weight is 313 g/mol. The number of nitrogens with zero attached hydrogens (tertiary/aromatic N) is 1. The van der Waals surface area contributed by atoms with Gasteiger partial charge in [-0.3, -0.25) is 9.69 Å². The first-order valence-corrected chi connectivity index (χ1v) is 7.33. The number of aromatic nitrogens is 1. The molecule has 0 spiro atoms. The minimum absolute atomic E-state index is 0.177. The number of carbonyl (C=O) groups excluding carboxylic acids is 1. The minimum Gasteiger partial charge on any atom is -0.494 e. The summed E-state index contributed by atoms with van der Waals surface area (Å²) in [6, 6.07) is 11.0. The molecule has 0 aliphatic carbocycles. The number of nitrogens with one attached hydrogen (secondary N) is 2. The van der Waals surface area contributed by atoms with Crippen LogP contribution in [0.1, 0.15) is 12.6 Å². The fourth-order valence-electron chi connectivity index (χ4n) is 2.22. The maximum absolute atomic E-state index is 12.5. The summed E-state index contributed by atoms with van der Waals surface area (Å²) in [5.41, 5.74) is 1.99. The van der Waals surface area contributed by atoms with E-state index in [1.807, 2.05) is 43.3 Å². The normalized spacial score (nSPS) is 16.2. The van der Waals surface area contributed by atoms with Crippen molar-refractivity contribution in [2.24, 2.45) is 0 Å². The Morgan fingerprint density at radius 3 is 2.68 bits per heavy atom. The zero-order valence-corrected chi connectivity index (χ0v) is 12.8. The van der Waals surface area contributed by atoms with Gasteiger partial charge in [0.2, 0.25) is 0 Å². The topological polar surface area (TPSA) is 57.4 Å². The summed E-state index contributed by atoms with van der Waals surface area (Å²) in [6.45, 7) is 2.53. The van der Waals surface area contributed by atoms with E-state index in [9.17, 15) is 4.79 Å². The van der Waals surface area contributed by atoms with Gasteiger partial charge in [0.15, 0.2) is 5.11 Å². The van der Waals surface area contributed by atoms with Crippen molar-refractivity contribution in [2.45, 2.75) is 6.92 Å². The van der Waals surface area contributed by atoms with Crippen molar-refractivity contribution in [3.8, 4) is 5.75 Å². The molecule has 2 N–H and O–H groups in total. The highest BCUT2D eigenvalue weighted by atomic mass is 32.1. The molecule has 0 bridgehead atoms. The van der Waals surface area contributed by atoms with Gasteiger partial charge in [-0.1, -0.05) is 0 Å². The zero-order chi connectivity index (χ0) is 15.5. The van der Waals surface area contributed by atoms with Gasteiger partial charge < -0.3 is 15.0 Å². The summed E-state index contributed by atoms with van der Waals surface area (Å²) < 4.78 is 5.40. The van der Waals surface area contributed by atoms with Crippen molar-refractivity contribution in [3.63, 3.8) is 0 Å². The second-order valence-corrected chi connectivity index (χ2v) is 5.07. The molecule has 1 aliphatic rings. The molecule has 1 aromatic carbocycles. The van der Waals surface area contributed by atoms with Crippen LogP contribution < -0.4 is 15.0 Å². The molecule has 0 atom stereocenters. The van der Waals surface area contributed by atoms with Crippen molar-refractivity contribution in [3.05, 3.63) is 54.0 Å². The molecule has 5 nitrogen and oxygen atoms in total. The van der Waals surface area contributed by atoms with E-state index in [1.54, 1.807) is 12.3 Å². The highest BCUT2D eigenvalue weighted by molar-refractivity contribution is 7.80. The second kappa shape index (κ2) is 6.03. The third kappa shape index (κ3) is 2.73. The Balaban J connectivity index is 1.85. The molecule has 0 radical (unpaired) electrons. The molecule has 3 rings (SSSR count). The number of ether oxygens (including phenoxy) is 1. The lowest BCUT2D eigenvalue weighted by molar-refractivity contribution is -0.113. The number of aromatic amines is 1. The molecule has 22 heavy (non-hydrogen) atoms. The molecule has 1 saturated heterocycles. The number of H-pyrrole nitrogens is 1. The van der Waals surface area contributed by atoms with Gasteiger partial charge in [-0.25, -0.2) is 0 Å². The number of benzene rings is 1. The van der Waals surface area contributed by atoms with Gasteiger partial charge in [0.25, 0.3) is 5.91 Å². The van der Waals surface area contributed by atoms with Crippen molar-refractivity contribution in [1.82, 2.24) is 10.3 Å². The van der Waals surface area contributed by atoms with Crippen LogP contribution in [0.15, 0.2) is 48.3 Å². The Kier molecular flexibility index (Phi) is 3.93. The number of hydrogen-bond donors (Lipinski definition) is 2. The highest BCUT2D eigenvalue weighted by Gasteiger charge is 2.31. The molecule has 1 amide bonds. The van der Waals surface area contributed by atoms with E-state index in [2.05, 4.69) is 10.3 Å². The van der Waals surface area contributed by atoms with Crippen molar-refractivity contribution in [1.29, 1.82) is 0 Å². The Morgan fingerprint density at radius 2 is 2.05 bits per heavy atom. The molecule has 2 heterocycles. The monoisotopic (exact) mass is 313 g/mol. The number of carbonyl (C=O) groups is 1. The van der Waals surface area contributed by atoms with Crippen molar-refractivity contribution in [2.75, 3.05) is 11.5 Å². The summed E-state index contributed by atoms with van der Waals surface area (Å²) in [5.74, 6) is 0.586. The first kappa shape index (κ1) is 14.3. The first-order chi connectivity index (χ1) is 10.7. The second-order valence-electron chi connectivity index (χ2n) is 4.68. The predicted octanol–water partition coefficient (Wildman–Crippen LogP) is 2.68. The lowest BCUT2D eigenvalue weighted by Gasteiger charge is -2.14. The molecule has 6 heteroatoms. The molecule has 1 aromatic heterocycles. The van der Waals surface area contributed by atoms with Crippen LogP contribution in [0.4, 0.5) is 5.69 Å². The molecule has 112 valence electrons. The van der Waals surface area contributed by atoms with Crippen LogP contribution in [0.3, 0.4) is 0 Å². The molecule has 0 saturated carbocycles. The van der Waals surface area contributed by atoms with Gasteiger partial charge in [-0.15, -0.1) is 0 Å². The minimum atomic E-state index is -0.177. The molecule has 2 aromatic rings. The molecule has 1 fully saturated rings. The molecular formula is C16H15N3O2S. The molecule has 0 unspecified atom stereocenters. The fourth-order valence-corrected chi connectivity index (χ4v) is 2.52. The Labute approximate surface area is 133 Å². The zero-order valence-electron chi connectivity index (χ0n) is 12.0. The van der Waals surface area contributed by atoms with Crippen LogP contribution in [0.5, 0.6) is 5.75 Å². The summed E-state index contributed by atoms with van der Waals surface area (Å²) in [4.78, 5) is 17.0. The number of hydrogen-bond acceptors (Lipinski definition) is 3. The van der Waals surface area contributed by atoms with E-state index in [0.717, 1.165) is 11.4 Å². The van der Waals surface area contributed by atoms with Crippen molar-refractivity contribution < 1.29 is 9.53 Å². The van der Waals surface area contributed by atoms with E-state index < -0.39 is 0 Å². The van der Waals surface area contributed by atoms with E-state index >= 15 is 0 Å². The SMILES string of the molecule is CCOc1ccc(N2C(=O)/C(=C/c3ccc[nH]3)NC2=S)cc1. The van der Waals surface area contributed by atoms with Gasteiger partial charge >= 0.3 is 0 Å². The van der Waals surface area contributed by atoms with Gasteiger partial charge in [-0.2, -0.15) is 0 Å². The molecular weight excluding hydrogens is 298 g/mol. The number of thiocarbonyl (C=S) groups is 1. The lowest BCUT2D eigenvalue weighted by atomic mass is 10.2. The summed E-state index contributed by atoms with van der Waals surface area (Å²) in [5, 5.41) is 3.32. The Morgan fingerprint density at radius 1 is 1.27 bits per heavy atom. The average Bonchev–Trinajstić information content (AvgIpc) is 3.10. The Bertz CT molecular complexity index is 720. The third-order valence-electron chi connectivity index (χ3n) is 3.21. The Hall–Kier alpha value is -2.60. The van der Waals surface area contributed by atoms with Gasteiger partial charge in [0, 0.05) is 11.9 Å². The van der Waals surface area contributed by atoms with Crippen LogP contribution in [0.25, 0.3) is 6.08 Å². The number of rotatable bonds is 4. The predicted molar refractivity (Wildman–Crippen MR) is 89.6 cm³/mol. The van der Waals surface area contributed by atoms with E-state index in [-0.39, 0.29) is 5.91 Å². The number of anilines is 1. The maximum Gasteiger partial charge on any atom is 0.281 e. The van der Waals surface area contributed by atoms with E-state index in [1.165, 1.54) is 4.90 Å². The van der Waals surface area contributed by atoms with Crippen LogP contribution in [0.2, 0.25) is 0 Å². The van der Waals surface area contributed by atoms with Gasteiger partial charge in [0.1, 0.15) is 11.4 Å². The van der Waals surface area contributed by atoms with Crippen LogP contribution in [0, 0.1) is 0 Å². The summed E-state index contributed by atoms with van der Waals surface area (Å²) in [6.07, 6.45) is 3.54. The fraction of sp³-hybridized carbons (Fsp3) is 0.125. The summed E-state index contributed by atoms with van der Waals surface area (Å²) in [7, 11) is 0. The largest absolute Gasteiger partial charge is 0.494 e. The van der Waals surface area contributed by atoms with Crippen LogP contribution in [-0.2, 0) is 4.79 Å². The lowest BCUT2D eigenvalue weighted by Crippen LogP contribution is -2.30. The van der Waals surface area contributed by atoms with Crippen molar-refractivity contribution >= 4 is 35.0 Å². The third-order valence-corrected chi connectivity index (χ3v) is 3.49. The standard InChI is InChI=1S/C16H15N3O2S/c1-2-21-13-7-5-12(6-8-13)19-15(20)14(18-16(19)22)10-11-4-3-9-17-11/h3-10,17H,2H2,1H3,(H,18,22)/b14-10-. The quantitative estimate of drug-likeness (QED) is 0.673. The smallest absolute Gasteiger partial charge is 0.281 e.